The summed E-state index contributed by atoms with van der Waals surface area (Å²) in [6.45, 7) is 7.72. The van der Waals surface area contributed by atoms with Crippen molar-refractivity contribution in [1.29, 1.82) is 0 Å². The molecule has 0 amide bonds. The van der Waals surface area contributed by atoms with E-state index in [9.17, 15) is 15.3 Å². The van der Waals surface area contributed by atoms with Crippen molar-refractivity contribution in [2.45, 2.75) is 68.9 Å². The second-order valence-electron chi connectivity index (χ2n) is 6.96. The van der Waals surface area contributed by atoms with Gasteiger partial charge in [-0.05, 0) is 31.0 Å². The maximum Gasteiger partial charge on any atom is 0.0703 e. The molecule has 1 heterocycles. The Labute approximate surface area is 185 Å². The molecule has 0 fully saturated rings. The van der Waals surface area contributed by atoms with E-state index in [-0.39, 0.29) is 50.5 Å². The second kappa shape index (κ2) is 14.4. The van der Waals surface area contributed by atoms with Crippen molar-refractivity contribution in [3.8, 4) is 11.5 Å². The fourth-order valence-electron chi connectivity index (χ4n) is 2.50. The first-order valence-corrected chi connectivity index (χ1v) is 14.3. The first-order chi connectivity index (χ1) is 13.9. The molecular weight excluding hydrogens is 471 g/mol. The SMILES string of the molecule is CCC[CH2][Sn+2][CH2]CCC.Cc1ccc([O-])c(N=Cc2c(CO)cnc(C)c2[O-])c1. The molecule has 0 saturated carbocycles. The van der Waals surface area contributed by atoms with Gasteiger partial charge in [0.25, 0.3) is 0 Å². The van der Waals surface area contributed by atoms with Crippen LogP contribution in [0.15, 0.2) is 29.4 Å². The Morgan fingerprint density at radius 3 is 2.34 bits per heavy atom. The molecule has 0 aliphatic rings. The van der Waals surface area contributed by atoms with Crippen LogP contribution in [0.4, 0.5) is 5.69 Å². The van der Waals surface area contributed by atoms with Gasteiger partial charge in [-0.3, -0.25) is 9.98 Å². The molecule has 0 spiro atoms. The molecule has 0 atom stereocenters. The van der Waals surface area contributed by atoms with Gasteiger partial charge in [0, 0.05) is 23.7 Å². The molecule has 2 rings (SSSR count). The largest absolute Gasteiger partial charge is 0.871 e. The fraction of sp³-hybridized carbons (Fsp3) is 0.478. The minimum atomic E-state index is -0.304. The Morgan fingerprint density at radius 1 is 1.10 bits per heavy atom. The number of aliphatic hydroxyl groups excluding tert-OH is 1. The molecular formula is C23H32N2O3Sn. The normalized spacial score (nSPS) is 10.5. The van der Waals surface area contributed by atoms with Crippen LogP contribution < -0.4 is 10.2 Å². The van der Waals surface area contributed by atoms with Crippen molar-refractivity contribution in [3.05, 3.63) is 46.8 Å². The second-order valence-corrected chi connectivity index (χ2v) is 11.2. The van der Waals surface area contributed by atoms with Crippen LogP contribution >= 0.6 is 0 Å². The van der Waals surface area contributed by atoms with E-state index in [1.807, 2.05) is 6.92 Å². The topological polar surface area (TPSA) is 91.6 Å². The summed E-state index contributed by atoms with van der Waals surface area (Å²) in [4.78, 5) is 7.97. The molecule has 0 bridgehead atoms. The number of aryl methyl sites for hydroxylation is 2. The molecule has 156 valence electrons. The number of aliphatic hydroxyl groups is 1. The molecule has 0 radical (unpaired) electrons. The third kappa shape index (κ3) is 9.17. The van der Waals surface area contributed by atoms with Crippen LogP contribution in [0.3, 0.4) is 0 Å². The molecule has 0 unspecified atom stereocenters. The number of hydrogen-bond donors (Lipinski definition) is 1. The summed E-state index contributed by atoms with van der Waals surface area (Å²) in [6, 6.07) is 4.79. The smallest absolute Gasteiger partial charge is 0.0703 e. The van der Waals surface area contributed by atoms with Gasteiger partial charge in [-0.2, -0.15) is 0 Å². The molecule has 6 heteroatoms. The zero-order valence-corrected chi connectivity index (χ0v) is 20.8. The van der Waals surface area contributed by atoms with Crippen LogP contribution in [-0.4, -0.2) is 37.4 Å². The number of nitrogens with zero attached hydrogens (tertiary/aromatic N) is 2. The molecule has 29 heavy (non-hydrogen) atoms. The summed E-state index contributed by atoms with van der Waals surface area (Å²) >= 11 is 0.149. The molecule has 1 N–H and O–H groups in total. The minimum Gasteiger partial charge on any atom is -0.871 e. The number of unbranched alkanes of at least 4 members (excludes halogenated alkanes) is 2. The van der Waals surface area contributed by atoms with Gasteiger partial charge in [-0.25, -0.2) is 0 Å². The third-order valence-corrected chi connectivity index (χ3v) is 8.40. The Bertz CT molecular complexity index is 773. The van der Waals surface area contributed by atoms with Crippen molar-refractivity contribution in [1.82, 2.24) is 4.98 Å². The van der Waals surface area contributed by atoms with Crippen LogP contribution in [0.25, 0.3) is 0 Å². The van der Waals surface area contributed by atoms with E-state index >= 15 is 0 Å². The Morgan fingerprint density at radius 2 is 1.76 bits per heavy atom. The van der Waals surface area contributed by atoms with Gasteiger partial charge in [-0.1, -0.05) is 23.6 Å². The predicted molar refractivity (Wildman–Crippen MR) is 117 cm³/mol. The molecule has 5 nitrogen and oxygen atoms in total. The molecule has 2 aromatic rings. The standard InChI is InChI=1S/C15H16N2O3.2C4H9.Sn/c1-9-3-4-14(19)13(5-9)17-7-12-11(8-18)6-16-10(2)15(12)20;2*1-3-4-2;/h3-7,18-20H,8H2,1-2H3;2*1,3-4H2,2H3;/q;;;+2/p-2. The van der Waals surface area contributed by atoms with Gasteiger partial charge < -0.3 is 15.3 Å². The predicted octanol–water partition coefficient (Wildman–Crippen LogP) is 4.22. The monoisotopic (exact) mass is 504 g/mol. The Balaban J connectivity index is 0.000000396. The zero-order valence-electron chi connectivity index (χ0n) is 18.0. The molecule has 1 aromatic heterocycles. The van der Waals surface area contributed by atoms with Crippen molar-refractivity contribution in [2.24, 2.45) is 4.99 Å². The number of pyridine rings is 1. The number of rotatable bonds is 9. The van der Waals surface area contributed by atoms with Gasteiger partial charge in [0.15, 0.2) is 0 Å². The average Bonchev–Trinajstić information content (AvgIpc) is 2.72. The van der Waals surface area contributed by atoms with Gasteiger partial charge in [0.05, 0.1) is 12.3 Å². The number of hydrogen-bond acceptors (Lipinski definition) is 5. The molecule has 1 aromatic carbocycles. The van der Waals surface area contributed by atoms with Gasteiger partial charge >= 0.3 is 69.5 Å². The Hall–Kier alpha value is -1.60. The number of benzene rings is 1. The van der Waals surface area contributed by atoms with E-state index in [1.54, 1.807) is 27.9 Å². The molecule has 0 saturated heterocycles. The quantitative estimate of drug-likeness (QED) is 0.315. The number of aliphatic imine (C=N–C) groups is 1. The van der Waals surface area contributed by atoms with Crippen LogP contribution in [0.2, 0.25) is 8.87 Å². The maximum absolute atomic E-state index is 12.0. The van der Waals surface area contributed by atoms with Crippen molar-refractivity contribution >= 4 is 33.0 Å². The average molecular weight is 503 g/mol. The van der Waals surface area contributed by atoms with Crippen molar-refractivity contribution < 1.29 is 15.3 Å². The van der Waals surface area contributed by atoms with Gasteiger partial charge in [0.1, 0.15) is 0 Å². The van der Waals surface area contributed by atoms with Crippen LogP contribution in [0.1, 0.15) is 61.9 Å². The first kappa shape index (κ1) is 25.4. The van der Waals surface area contributed by atoms with Crippen molar-refractivity contribution in [2.75, 3.05) is 0 Å². The summed E-state index contributed by atoms with van der Waals surface area (Å²) in [6.07, 6.45) is 8.59. The van der Waals surface area contributed by atoms with Crippen molar-refractivity contribution in [3.63, 3.8) is 0 Å². The van der Waals surface area contributed by atoms with E-state index in [0.29, 0.717) is 11.3 Å². The molecule has 0 aliphatic carbocycles. The minimum absolute atomic E-state index is 0.149. The summed E-state index contributed by atoms with van der Waals surface area (Å²) < 4.78 is 3.25. The van der Waals surface area contributed by atoms with Crippen LogP contribution in [0.5, 0.6) is 11.5 Å². The van der Waals surface area contributed by atoms with E-state index in [4.69, 9.17) is 0 Å². The van der Waals surface area contributed by atoms with Crippen LogP contribution in [0, 0.1) is 13.8 Å². The van der Waals surface area contributed by atoms with Gasteiger partial charge in [0.2, 0.25) is 0 Å². The zero-order chi connectivity index (χ0) is 21.6. The Kier molecular flexibility index (Phi) is 12.6. The summed E-state index contributed by atoms with van der Waals surface area (Å²) in [5.41, 5.74) is 2.16. The number of aromatic nitrogens is 1. The summed E-state index contributed by atoms with van der Waals surface area (Å²) in [5, 5.41) is 32.9. The third-order valence-electron chi connectivity index (χ3n) is 4.36. The van der Waals surface area contributed by atoms with Crippen LogP contribution in [-0.2, 0) is 6.61 Å². The van der Waals surface area contributed by atoms with E-state index < -0.39 is 0 Å². The first-order valence-electron chi connectivity index (χ1n) is 10.2. The fourth-order valence-corrected chi connectivity index (χ4v) is 6.66. The molecule has 0 aliphatic heterocycles. The van der Waals surface area contributed by atoms with E-state index in [1.165, 1.54) is 44.2 Å². The maximum atomic E-state index is 12.0. The van der Waals surface area contributed by atoms with Gasteiger partial charge in [-0.15, -0.1) is 0 Å². The summed E-state index contributed by atoms with van der Waals surface area (Å²) in [7, 11) is 0. The summed E-state index contributed by atoms with van der Waals surface area (Å²) in [5.74, 6) is -0.504. The van der Waals surface area contributed by atoms with E-state index in [0.717, 1.165) is 5.56 Å². The van der Waals surface area contributed by atoms with E-state index in [2.05, 4.69) is 23.8 Å².